The summed E-state index contributed by atoms with van der Waals surface area (Å²) in [5.41, 5.74) is 0.973. The van der Waals surface area contributed by atoms with Crippen LogP contribution in [0.25, 0.3) is 6.08 Å². The first-order valence-corrected chi connectivity index (χ1v) is 6.93. The van der Waals surface area contributed by atoms with Crippen molar-refractivity contribution >= 4 is 62.8 Å². The van der Waals surface area contributed by atoms with E-state index < -0.39 is 15.9 Å². The number of halogens is 4. The van der Waals surface area contributed by atoms with E-state index >= 15 is 0 Å². The molecule has 6 heteroatoms. The molecule has 0 bridgehead atoms. The lowest BCUT2D eigenvalue weighted by Crippen LogP contribution is -2.26. The molecule has 0 saturated heterocycles. The quantitative estimate of drug-likeness (QED) is 0.567. The van der Waals surface area contributed by atoms with Crippen molar-refractivity contribution in [2.45, 2.75) is 16.8 Å². The van der Waals surface area contributed by atoms with Gasteiger partial charge in [0.1, 0.15) is 6.10 Å². The predicted octanol–water partition coefficient (Wildman–Crippen LogP) is 4.72. The Morgan fingerprint density at radius 1 is 1.33 bits per heavy atom. The highest BCUT2D eigenvalue weighted by Gasteiger charge is 2.34. The average molecular weight is 372 g/mol. The summed E-state index contributed by atoms with van der Waals surface area (Å²) in [4.78, 5) is 11.4. The molecule has 18 heavy (non-hydrogen) atoms. The van der Waals surface area contributed by atoms with Crippen molar-refractivity contribution in [1.29, 1.82) is 0 Å². The molecule has 0 aliphatic rings. The van der Waals surface area contributed by atoms with Gasteiger partial charge in [-0.2, -0.15) is 0 Å². The van der Waals surface area contributed by atoms with Crippen LogP contribution in [0.3, 0.4) is 0 Å². The van der Waals surface area contributed by atoms with Gasteiger partial charge in [0, 0.05) is 4.48 Å². The number of ether oxygens (including phenoxy) is 1. The van der Waals surface area contributed by atoms with Gasteiger partial charge in [0.05, 0.1) is 0 Å². The van der Waals surface area contributed by atoms with E-state index in [9.17, 15) is 4.79 Å². The molecule has 2 nitrogen and oxygen atoms in total. The summed E-state index contributed by atoms with van der Waals surface area (Å²) in [6.07, 6.45) is 1.30. The molecule has 0 saturated carbocycles. The molecule has 98 valence electrons. The van der Waals surface area contributed by atoms with Gasteiger partial charge in [0.2, 0.25) is 0 Å². The molecule has 1 aromatic rings. The van der Waals surface area contributed by atoms with Gasteiger partial charge in [-0.25, -0.2) is 4.79 Å². The normalized spacial score (nSPS) is 14.2. The number of hydrogen-bond acceptors (Lipinski definition) is 2. The zero-order chi connectivity index (χ0) is 13.8. The fourth-order valence-electron chi connectivity index (χ4n) is 1.11. The van der Waals surface area contributed by atoms with Crippen molar-refractivity contribution in [3.63, 3.8) is 0 Å². The molecule has 1 atom stereocenters. The molecular weight excluding hydrogens is 362 g/mol. The van der Waals surface area contributed by atoms with E-state index in [1.807, 2.05) is 36.4 Å². The summed E-state index contributed by atoms with van der Waals surface area (Å²) in [7, 11) is 0. The largest absolute Gasteiger partial charge is 0.454 e. The Kier molecular flexibility index (Phi) is 5.99. The Hall–Kier alpha value is -0.220. The number of carbonyl (C=O) groups is 1. The lowest BCUT2D eigenvalue weighted by molar-refractivity contribution is -0.145. The van der Waals surface area contributed by atoms with Gasteiger partial charge in [-0.3, -0.25) is 0 Å². The minimum Gasteiger partial charge on any atom is -0.454 e. The third-order valence-corrected chi connectivity index (χ3v) is 3.34. The first-order chi connectivity index (χ1) is 8.30. The van der Waals surface area contributed by atoms with E-state index in [1.54, 1.807) is 6.92 Å². The van der Waals surface area contributed by atoms with E-state index in [0.717, 1.165) is 5.56 Å². The standard InChI is InChI=1S/C12H10BrCl3O2/c1-8(18-11(17)12(14,15)16)10(13)7-9-5-3-2-4-6-9/h2-8H,1H3/b10-7-. The maximum atomic E-state index is 11.4. The van der Waals surface area contributed by atoms with Gasteiger partial charge in [0.25, 0.3) is 3.79 Å². The molecule has 0 fully saturated rings. The summed E-state index contributed by atoms with van der Waals surface area (Å²) >= 11 is 19.6. The fraction of sp³-hybridized carbons (Fsp3) is 0.250. The van der Waals surface area contributed by atoms with Crippen molar-refractivity contribution in [3.05, 3.63) is 40.4 Å². The molecule has 1 aromatic carbocycles. The second-order valence-electron chi connectivity index (χ2n) is 3.49. The van der Waals surface area contributed by atoms with Crippen LogP contribution < -0.4 is 0 Å². The number of esters is 1. The topological polar surface area (TPSA) is 26.3 Å². The maximum Gasteiger partial charge on any atom is 0.359 e. The number of carbonyl (C=O) groups excluding carboxylic acids is 1. The zero-order valence-corrected chi connectivity index (χ0v) is 13.2. The van der Waals surface area contributed by atoms with Gasteiger partial charge in [-0.15, -0.1) is 0 Å². The Morgan fingerprint density at radius 2 is 1.89 bits per heavy atom. The first kappa shape index (κ1) is 15.8. The van der Waals surface area contributed by atoms with Crippen LogP contribution in [0.5, 0.6) is 0 Å². The van der Waals surface area contributed by atoms with Crippen LogP contribution >= 0.6 is 50.7 Å². The SMILES string of the molecule is CC(OC(=O)C(Cl)(Cl)Cl)/C(Br)=C/c1ccccc1. The molecule has 0 aliphatic heterocycles. The predicted molar refractivity (Wildman–Crippen MR) is 79.2 cm³/mol. The van der Waals surface area contributed by atoms with Crippen LogP contribution in [0.15, 0.2) is 34.8 Å². The van der Waals surface area contributed by atoms with Gasteiger partial charge < -0.3 is 4.74 Å². The van der Waals surface area contributed by atoms with Crippen LogP contribution in [-0.4, -0.2) is 15.9 Å². The summed E-state index contributed by atoms with van der Waals surface area (Å²) in [6.45, 7) is 1.68. The van der Waals surface area contributed by atoms with Crippen LogP contribution in [0, 0.1) is 0 Å². The Balaban J connectivity index is 2.70. The Labute approximate surface area is 129 Å². The smallest absolute Gasteiger partial charge is 0.359 e. The van der Waals surface area contributed by atoms with Crippen LogP contribution in [-0.2, 0) is 9.53 Å². The molecule has 0 aliphatic carbocycles. The lowest BCUT2D eigenvalue weighted by Gasteiger charge is -2.16. The van der Waals surface area contributed by atoms with Gasteiger partial charge >= 0.3 is 5.97 Å². The van der Waals surface area contributed by atoms with Crippen LogP contribution in [0.4, 0.5) is 0 Å². The molecule has 0 radical (unpaired) electrons. The van der Waals surface area contributed by atoms with Crippen molar-refractivity contribution in [2.75, 3.05) is 0 Å². The number of hydrogen-bond donors (Lipinski definition) is 0. The highest BCUT2D eigenvalue weighted by atomic mass is 79.9. The minimum absolute atomic E-state index is 0.534. The molecule has 1 unspecified atom stereocenters. The number of rotatable bonds is 3. The summed E-state index contributed by atoms with van der Waals surface area (Å²) < 4.78 is 3.61. The number of alkyl halides is 3. The number of benzene rings is 1. The van der Waals surface area contributed by atoms with Gasteiger partial charge in [-0.05, 0) is 18.6 Å². The molecule has 0 aromatic heterocycles. The van der Waals surface area contributed by atoms with Crippen LogP contribution in [0.1, 0.15) is 12.5 Å². The van der Waals surface area contributed by atoms with Crippen LogP contribution in [0.2, 0.25) is 0 Å². The van der Waals surface area contributed by atoms with Crippen molar-refractivity contribution in [2.24, 2.45) is 0 Å². The van der Waals surface area contributed by atoms with E-state index in [0.29, 0.717) is 4.48 Å². The van der Waals surface area contributed by atoms with Crippen molar-refractivity contribution in [3.8, 4) is 0 Å². The highest BCUT2D eigenvalue weighted by molar-refractivity contribution is 9.11. The third kappa shape index (κ3) is 5.19. The lowest BCUT2D eigenvalue weighted by atomic mass is 10.2. The second-order valence-corrected chi connectivity index (χ2v) is 6.68. The van der Waals surface area contributed by atoms with Gasteiger partial charge in [-0.1, -0.05) is 81.1 Å². The molecule has 0 amide bonds. The van der Waals surface area contributed by atoms with Gasteiger partial charge in [0.15, 0.2) is 0 Å². The molecule has 0 N–H and O–H groups in total. The first-order valence-electron chi connectivity index (χ1n) is 5.00. The van der Waals surface area contributed by atoms with E-state index in [2.05, 4.69) is 15.9 Å². The Morgan fingerprint density at radius 3 is 2.39 bits per heavy atom. The summed E-state index contributed by atoms with van der Waals surface area (Å²) in [5, 5.41) is 0. The molecule has 1 rings (SSSR count). The third-order valence-electron chi connectivity index (χ3n) is 2.01. The average Bonchev–Trinajstić information content (AvgIpc) is 2.28. The maximum absolute atomic E-state index is 11.4. The highest BCUT2D eigenvalue weighted by Crippen LogP contribution is 2.29. The Bertz CT molecular complexity index is 440. The monoisotopic (exact) mass is 370 g/mol. The molecular formula is C12H10BrCl3O2. The summed E-state index contributed by atoms with van der Waals surface area (Å²) in [5.74, 6) is -0.904. The molecule has 0 heterocycles. The van der Waals surface area contributed by atoms with Crippen molar-refractivity contribution in [1.82, 2.24) is 0 Å². The molecule has 0 spiro atoms. The zero-order valence-electron chi connectivity index (χ0n) is 9.37. The fourth-order valence-corrected chi connectivity index (χ4v) is 1.60. The van der Waals surface area contributed by atoms with Crippen molar-refractivity contribution < 1.29 is 9.53 Å². The van der Waals surface area contributed by atoms with E-state index in [4.69, 9.17) is 39.5 Å². The summed E-state index contributed by atoms with van der Waals surface area (Å²) in [6, 6.07) is 9.57. The van der Waals surface area contributed by atoms with E-state index in [-0.39, 0.29) is 0 Å². The second kappa shape index (κ2) is 6.80. The van der Waals surface area contributed by atoms with E-state index in [1.165, 1.54) is 0 Å². The minimum atomic E-state index is -2.06.